The second-order valence-corrected chi connectivity index (χ2v) is 4.49. The van der Waals surface area contributed by atoms with Crippen molar-refractivity contribution in [2.75, 3.05) is 24.3 Å². The third-order valence-electron chi connectivity index (χ3n) is 2.22. The molecule has 0 radical (unpaired) electrons. The fourth-order valence-corrected chi connectivity index (χ4v) is 1.82. The topological polar surface area (TPSA) is 83.8 Å². The van der Waals surface area contributed by atoms with Gasteiger partial charge >= 0.3 is 0 Å². The highest BCUT2D eigenvalue weighted by atomic mass is 32.2. The number of nitrogens with two attached hydrogens (primary N) is 1. The summed E-state index contributed by atoms with van der Waals surface area (Å²) in [6, 6.07) is 0. The summed E-state index contributed by atoms with van der Waals surface area (Å²) in [6.07, 6.45) is 6.89. The first-order valence-corrected chi connectivity index (χ1v) is 6.71. The number of anilines is 1. The van der Waals surface area contributed by atoms with Crippen LogP contribution in [0.25, 0.3) is 0 Å². The molecule has 0 spiro atoms. The Bertz CT molecular complexity index is 326. The predicted octanol–water partition coefficient (Wildman–Crippen LogP) is 1.25. The van der Waals surface area contributed by atoms with E-state index in [0.717, 1.165) is 12.8 Å². The standard InChI is InChI=1S/C10H18N4OS/c1-16-6-4-2-3-5-12-10(15)8-7-13-14-9(8)11/h7H,2-6H2,1H3,(H,12,15)(H3,11,13,14). The van der Waals surface area contributed by atoms with E-state index in [0.29, 0.717) is 17.9 Å². The van der Waals surface area contributed by atoms with Crippen LogP contribution < -0.4 is 11.1 Å². The fraction of sp³-hybridized carbons (Fsp3) is 0.600. The smallest absolute Gasteiger partial charge is 0.256 e. The molecule has 6 heteroatoms. The molecule has 0 saturated heterocycles. The van der Waals surface area contributed by atoms with Crippen molar-refractivity contribution in [3.8, 4) is 0 Å². The second-order valence-electron chi connectivity index (χ2n) is 3.51. The Kier molecular flexibility index (Phi) is 5.77. The van der Waals surface area contributed by atoms with Gasteiger partial charge in [-0.15, -0.1) is 0 Å². The van der Waals surface area contributed by atoms with Crippen molar-refractivity contribution in [2.45, 2.75) is 19.3 Å². The van der Waals surface area contributed by atoms with Crippen LogP contribution in [-0.2, 0) is 0 Å². The van der Waals surface area contributed by atoms with Crippen molar-refractivity contribution >= 4 is 23.5 Å². The molecule has 16 heavy (non-hydrogen) atoms. The lowest BCUT2D eigenvalue weighted by molar-refractivity contribution is 0.0954. The molecule has 1 amide bonds. The summed E-state index contributed by atoms with van der Waals surface area (Å²) in [4.78, 5) is 11.6. The van der Waals surface area contributed by atoms with Gasteiger partial charge in [-0.05, 0) is 24.9 Å². The van der Waals surface area contributed by atoms with E-state index in [9.17, 15) is 4.79 Å². The first kappa shape index (κ1) is 12.9. The number of rotatable bonds is 7. The summed E-state index contributed by atoms with van der Waals surface area (Å²) >= 11 is 1.85. The molecule has 0 aromatic carbocycles. The minimum atomic E-state index is -0.156. The third-order valence-corrected chi connectivity index (χ3v) is 2.92. The van der Waals surface area contributed by atoms with E-state index in [-0.39, 0.29) is 5.91 Å². The lowest BCUT2D eigenvalue weighted by Crippen LogP contribution is -2.24. The number of H-pyrrole nitrogens is 1. The summed E-state index contributed by atoms with van der Waals surface area (Å²) < 4.78 is 0. The maximum Gasteiger partial charge on any atom is 0.256 e. The van der Waals surface area contributed by atoms with Crippen molar-refractivity contribution in [3.63, 3.8) is 0 Å². The van der Waals surface area contributed by atoms with Crippen LogP contribution in [0.3, 0.4) is 0 Å². The maximum absolute atomic E-state index is 11.6. The van der Waals surface area contributed by atoms with Crippen LogP contribution in [0.1, 0.15) is 29.6 Å². The van der Waals surface area contributed by atoms with Crippen LogP contribution in [-0.4, -0.2) is 34.7 Å². The zero-order valence-corrected chi connectivity index (χ0v) is 10.3. The number of amides is 1. The Balaban J connectivity index is 2.14. The Hall–Kier alpha value is -1.17. The largest absolute Gasteiger partial charge is 0.383 e. The highest BCUT2D eigenvalue weighted by Crippen LogP contribution is 2.05. The van der Waals surface area contributed by atoms with Crippen LogP contribution in [0.5, 0.6) is 0 Å². The zero-order valence-electron chi connectivity index (χ0n) is 9.45. The number of nitrogens with zero attached hydrogens (tertiary/aromatic N) is 1. The van der Waals surface area contributed by atoms with Gasteiger partial charge in [0.05, 0.1) is 6.20 Å². The molecule has 0 bridgehead atoms. The summed E-state index contributed by atoms with van der Waals surface area (Å²) in [6.45, 7) is 0.692. The van der Waals surface area contributed by atoms with E-state index in [2.05, 4.69) is 21.8 Å². The van der Waals surface area contributed by atoms with Gasteiger partial charge in [-0.25, -0.2) is 0 Å². The SMILES string of the molecule is CSCCCCCNC(=O)c1cn[nH]c1N. The molecule has 0 atom stereocenters. The highest BCUT2D eigenvalue weighted by Gasteiger charge is 2.09. The maximum atomic E-state index is 11.6. The normalized spacial score (nSPS) is 10.3. The molecule has 0 saturated carbocycles. The number of hydrogen-bond acceptors (Lipinski definition) is 4. The minimum Gasteiger partial charge on any atom is -0.383 e. The molecular formula is C10H18N4OS. The van der Waals surface area contributed by atoms with E-state index in [1.165, 1.54) is 18.4 Å². The van der Waals surface area contributed by atoms with Gasteiger partial charge in [-0.3, -0.25) is 9.89 Å². The van der Waals surface area contributed by atoms with Crippen molar-refractivity contribution in [2.24, 2.45) is 0 Å². The number of nitrogen functional groups attached to an aromatic ring is 1. The van der Waals surface area contributed by atoms with Crippen LogP contribution in [0.2, 0.25) is 0 Å². The van der Waals surface area contributed by atoms with Gasteiger partial charge in [-0.1, -0.05) is 6.42 Å². The van der Waals surface area contributed by atoms with Gasteiger partial charge in [0.2, 0.25) is 0 Å². The molecule has 4 N–H and O–H groups in total. The first-order chi connectivity index (χ1) is 7.75. The lowest BCUT2D eigenvalue weighted by Gasteiger charge is -2.03. The van der Waals surface area contributed by atoms with Crippen LogP contribution in [0.15, 0.2) is 6.20 Å². The number of hydrogen-bond donors (Lipinski definition) is 3. The van der Waals surface area contributed by atoms with E-state index in [1.807, 2.05) is 11.8 Å². The van der Waals surface area contributed by atoms with Gasteiger partial charge in [0.15, 0.2) is 0 Å². The Morgan fingerprint density at radius 2 is 2.38 bits per heavy atom. The number of aromatic nitrogens is 2. The molecular weight excluding hydrogens is 224 g/mol. The number of aromatic amines is 1. The molecule has 0 aliphatic heterocycles. The van der Waals surface area contributed by atoms with E-state index >= 15 is 0 Å². The van der Waals surface area contributed by atoms with Crippen molar-refractivity contribution < 1.29 is 4.79 Å². The Labute approximate surface area is 99.6 Å². The molecule has 1 heterocycles. The fourth-order valence-electron chi connectivity index (χ4n) is 1.32. The number of unbranched alkanes of at least 4 members (excludes halogenated alkanes) is 2. The molecule has 1 aromatic rings. The van der Waals surface area contributed by atoms with Crippen molar-refractivity contribution in [1.29, 1.82) is 0 Å². The molecule has 0 aliphatic rings. The van der Waals surface area contributed by atoms with Crippen LogP contribution in [0, 0.1) is 0 Å². The Morgan fingerprint density at radius 3 is 3.00 bits per heavy atom. The summed E-state index contributed by atoms with van der Waals surface area (Å²) in [7, 11) is 0. The molecule has 0 unspecified atom stereocenters. The number of thioether (sulfide) groups is 1. The molecule has 5 nitrogen and oxygen atoms in total. The van der Waals surface area contributed by atoms with Gasteiger partial charge in [0.1, 0.15) is 11.4 Å². The molecule has 1 rings (SSSR count). The molecule has 90 valence electrons. The van der Waals surface area contributed by atoms with Crippen molar-refractivity contribution in [3.05, 3.63) is 11.8 Å². The molecule has 0 aliphatic carbocycles. The first-order valence-electron chi connectivity index (χ1n) is 5.31. The van der Waals surface area contributed by atoms with Gasteiger partial charge in [0.25, 0.3) is 5.91 Å². The van der Waals surface area contributed by atoms with Crippen LogP contribution in [0.4, 0.5) is 5.82 Å². The van der Waals surface area contributed by atoms with Gasteiger partial charge in [0, 0.05) is 6.54 Å². The average Bonchev–Trinajstić information content (AvgIpc) is 2.69. The quantitative estimate of drug-likeness (QED) is 0.628. The predicted molar refractivity (Wildman–Crippen MR) is 67.6 cm³/mol. The summed E-state index contributed by atoms with van der Waals surface area (Å²) in [5.41, 5.74) is 5.95. The van der Waals surface area contributed by atoms with E-state index in [1.54, 1.807) is 0 Å². The molecule has 0 fully saturated rings. The monoisotopic (exact) mass is 242 g/mol. The van der Waals surface area contributed by atoms with Gasteiger partial charge < -0.3 is 11.1 Å². The van der Waals surface area contributed by atoms with Gasteiger partial charge in [-0.2, -0.15) is 16.9 Å². The second kappa shape index (κ2) is 7.16. The number of carbonyl (C=O) groups is 1. The summed E-state index contributed by atoms with van der Waals surface area (Å²) in [5.74, 6) is 1.35. The number of carbonyl (C=O) groups excluding carboxylic acids is 1. The van der Waals surface area contributed by atoms with E-state index in [4.69, 9.17) is 5.73 Å². The zero-order chi connectivity index (χ0) is 11.8. The Morgan fingerprint density at radius 1 is 1.56 bits per heavy atom. The summed E-state index contributed by atoms with van der Waals surface area (Å²) in [5, 5.41) is 9.05. The van der Waals surface area contributed by atoms with Crippen molar-refractivity contribution in [1.82, 2.24) is 15.5 Å². The van der Waals surface area contributed by atoms with Crippen LogP contribution >= 0.6 is 11.8 Å². The lowest BCUT2D eigenvalue weighted by atomic mass is 10.2. The third kappa shape index (κ3) is 4.14. The highest BCUT2D eigenvalue weighted by molar-refractivity contribution is 7.98. The number of nitrogens with one attached hydrogen (secondary N) is 2. The molecule has 1 aromatic heterocycles. The van der Waals surface area contributed by atoms with E-state index < -0.39 is 0 Å². The minimum absolute atomic E-state index is 0.156. The average molecular weight is 242 g/mol.